The minimum atomic E-state index is 0.0301. The molecule has 1 aliphatic carbocycles. The Kier molecular flexibility index (Phi) is 4.11. The summed E-state index contributed by atoms with van der Waals surface area (Å²) in [5.41, 5.74) is 0.0301. The van der Waals surface area contributed by atoms with E-state index in [-0.39, 0.29) is 5.41 Å². The first-order valence-electron chi connectivity index (χ1n) is 8.26. The van der Waals surface area contributed by atoms with Crippen LogP contribution in [-0.4, -0.2) is 23.2 Å². The van der Waals surface area contributed by atoms with Crippen molar-refractivity contribution in [2.75, 3.05) is 13.1 Å². The summed E-state index contributed by atoms with van der Waals surface area (Å²) in [5, 5.41) is 7.77. The molecule has 20 heavy (non-hydrogen) atoms. The van der Waals surface area contributed by atoms with Gasteiger partial charge in [-0.05, 0) is 45.1 Å². The number of hydrogen-bond acceptors (Lipinski definition) is 4. The molecule has 112 valence electrons. The van der Waals surface area contributed by atoms with Crippen molar-refractivity contribution in [2.45, 2.75) is 70.1 Å². The summed E-state index contributed by atoms with van der Waals surface area (Å²) >= 11 is 0. The van der Waals surface area contributed by atoms with Gasteiger partial charge in [-0.1, -0.05) is 31.3 Å². The average molecular weight is 277 g/mol. The minimum absolute atomic E-state index is 0.0301. The van der Waals surface area contributed by atoms with E-state index in [9.17, 15) is 0 Å². The van der Waals surface area contributed by atoms with Gasteiger partial charge in [0, 0.05) is 12.5 Å². The zero-order valence-corrected chi connectivity index (χ0v) is 12.8. The molecule has 1 aromatic heterocycles. The van der Waals surface area contributed by atoms with Crippen molar-refractivity contribution >= 4 is 0 Å². The van der Waals surface area contributed by atoms with Gasteiger partial charge < -0.3 is 9.84 Å². The summed E-state index contributed by atoms with van der Waals surface area (Å²) in [4.78, 5) is 4.78. The Labute approximate surface area is 121 Å². The SMILES string of the molecule is CCC1CCCC(c2noc(C3(C)CCCNC3)n2)C1. The molecule has 3 atom stereocenters. The van der Waals surface area contributed by atoms with Crippen molar-refractivity contribution in [3.8, 4) is 0 Å². The molecule has 1 saturated carbocycles. The lowest BCUT2D eigenvalue weighted by Crippen LogP contribution is -2.41. The van der Waals surface area contributed by atoms with Gasteiger partial charge in [0.2, 0.25) is 5.89 Å². The molecule has 0 spiro atoms. The molecule has 2 fully saturated rings. The highest BCUT2D eigenvalue weighted by atomic mass is 16.5. The van der Waals surface area contributed by atoms with Crippen LogP contribution in [0.4, 0.5) is 0 Å². The van der Waals surface area contributed by atoms with Gasteiger partial charge in [0.25, 0.3) is 0 Å². The molecule has 0 radical (unpaired) electrons. The van der Waals surface area contributed by atoms with Gasteiger partial charge in [0.1, 0.15) is 0 Å². The lowest BCUT2D eigenvalue weighted by atomic mass is 9.79. The molecule has 0 aromatic carbocycles. The monoisotopic (exact) mass is 277 g/mol. The van der Waals surface area contributed by atoms with Gasteiger partial charge >= 0.3 is 0 Å². The van der Waals surface area contributed by atoms with Crippen LogP contribution in [0.1, 0.15) is 76.4 Å². The fourth-order valence-corrected chi connectivity index (χ4v) is 3.78. The predicted octanol–water partition coefficient (Wildman–Crippen LogP) is 3.39. The summed E-state index contributed by atoms with van der Waals surface area (Å²) in [5.74, 6) is 3.18. The number of piperidine rings is 1. The van der Waals surface area contributed by atoms with Crippen molar-refractivity contribution in [3.05, 3.63) is 11.7 Å². The van der Waals surface area contributed by atoms with Crippen LogP contribution in [0.25, 0.3) is 0 Å². The summed E-state index contributed by atoms with van der Waals surface area (Å²) in [6, 6.07) is 0. The van der Waals surface area contributed by atoms with Gasteiger partial charge in [0.05, 0.1) is 5.41 Å². The highest BCUT2D eigenvalue weighted by molar-refractivity contribution is 5.08. The standard InChI is InChI=1S/C16H27N3O/c1-3-12-6-4-7-13(10-12)14-18-15(20-19-14)16(2)8-5-9-17-11-16/h12-13,17H,3-11H2,1-2H3. The lowest BCUT2D eigenvalue weighted by molar-refractivity contribution is 0.243. The van der Waals surface area contributed by atoms with Gasteiger partial charge in [-0.15, -0.1) is 0 Å². The van der Waals surface area contributed by atoms with E-state index in [4.69, 9.17) is 9.51 Å². The number of nitrogens with zero attached hydrogens (tertiary/aromatic N) is 2. The van der Waals surface area contributed by atoms with Crippen molar-refractivity contribution in [2.24, 2.45) is 5.92 Å². The quantitative estimate of drug-likeness (QED) is 0.920. The van der Waals surface area contributed by atoms with E-state index >= 15 is 0 Å². The van der Waals surface area contributed by atoms with Gasteiger partial charge in [-0.25, -0.2) is 0 Å². The Hall–Kier alpha value is -0.900. The molecule has 0 amide bonds. The third kappa shape index (κ3) is 2.76. The highest BCUT2D eigenvalue weighted by Gasteiger charge is 2.35. The molecular formula is C16H27N3O. The largest absolute Gasteiger partial charge is 0.339 e. The lowest BCUT2D eigenvalue weighted by Gasteiger charge is -2.30. The Bertz CT molecular complexity index is 437. The van der Waals surface area contributed by atoms with Crippen LogP contribution < -0.4 is 5.32 Å². The number of nitrogens with one attached hydrogen (secondary N) is 1. The van der Waals surface area contributed by atoms with Crippen LogP contribution >= 0.6 is 0 Å². The summed E-state index contributed by atoms with van der Waals surface area (Å²) in [6.45, 7) is 6.60. The fraction of sp³-hybridized carbons (Fsp3) is 0.875. The first-order chi connectivity index (χ1) is 9.71. The molecular weight excluding hydrogens is 250 g/mol. The van der Waals surface area contributed by atoms with Gasteiger partial charge in [0.15, 0.2) is 5.82 Å². The van der Waals surface area contributed by atoms with E-state index in [0.29, 0.717) is 5.92 Å². The topological polar surface area (TPSA) is 51.0 Å². The van der Waals surface area contributed by atoms with E-state index in [2.05, 4.69) is 24.3 Å². The van der Waals surface area contributed by atoms with E-state index in [1.165, 1.54) is 38.5 Å². The molecule has 0 bridgehead atoms. The second-order valence-electron chi connectivity index (χ2n) is 6.94. The maximum Gasteiger partial charge on any atom is 0.233 e. The molecule has 1 aliphatic heterocycles. The van der Waals surface area contributed by atoms with Gasteiger partial charge in [-0.2, -0.15) is 4.98 Å². The van der Waals surface area contributed by atoms with Gasteiger partial charge in [-0.3, -0.25) is 0 Å². The zero-order chi connectivity index (χ0) is 14.0. The van der Waals surface area contributed by atoms with Crippen LogP contribution in [0, 0.1) is 5.92 Å². The maximum absolute atomic E-state index is 5.63. The summed E-state index contributed by atoms with van der Waals surface area (Å²) in [7, 11) is 0. The predicted molar refractivity (Wildman–Crippen MR) is 78.7 cm³/mol. The second kappa shape index (κ2) is 5.84. The summed E-state index contributed by atoms with van der Waals surface area (Å²) in [6.07, 6.45) is 8.77. The third-order valence-electron chi connectivity index (χ3n) is 5.28. The summed E-state index contributed by atoms with van der Waals surface area (Å²) < 4.78 is 5.63. The third-order valence-corrected chi connectivity index (χ3v) is 5.28. The van der Waals surface area contributed by atoms with Crippen LogP contribution in [0.2, 0.25) is 0 Å². The molecule has 1 aromatic rings. The van der Waals surface area contributed by atoms with E-state index < -0.39 is 0 Å². The maximum atomic E-state index is 5.63. The fourth-order valence-electron chi connectivity index (χ4n) is 3.78. The number of hydrogen-bond donors (Lipinski definition) is 1. The number of rotatable bonds is 3. The molecule has 1 saturated heterocycles. The first-order valence-corrected chi connectivity index (χ1v) is 8.26. The van der Waals surface area contributed by atoms with E-state index in [1.807, 2.05) is 0 Å². The molecule has 2 heterocycles. The highest BCUT2D eigenvalue weighted by Crippen LogP contribution is 2.37. The second-order valence-corrected chi connectivity index (χ2v) is 6.94. The van der Waals surface area contributed by atoms with Crippen molar-refractivity contribution in [3.63, 3.8) is 0 Å². The number of aromatic nitrogens is 2. The van der Waals surface area contributed by atoms with E-state index in [1.54, 1.807) is 0 Å². The first kappa shape index (κ1) is 14.1. The Morgan fingerprint density at radius 2 is 2.25 bits per heavy atom. The van der Waals surface area contributed by atoms with E-state index in [0.717, 1.165) is 37.1 Å². The minimum Gasteiger partial charge on any atom is -0.339 e. The van der Waals surface area contributed by atoms with Crippen LogP contribution in [0.15, 0.2) is 4.52 Å². The Balaban J connectivity index is 1.73. The van der Waals surface area contributed by atoms with Crippen LogP contribution in [-0.2, 0) is 5.41 Å². The normalized spacial score (nSPS) is 35.1. The zero-order valence-electron chi connectivity index (χ0n) is 12.8. The van der Waals surface area contributed by atoms with Crippen molar-refractivity contribution in [1.82, 2.24) is 15.5 Å². The molecule has 2 aliphatic rings. The Morgan fingerprint density at radius 3 is 3.00 bits per heavy atom. The van der Waals surface area contributed by atoms with Crippen molar-refractivity contribution in [1.29, 1.82) is 0 Å². The molecule has 1 N–H and O–H groups in total. The molecule has 3 rings (SSSR count). The molecule has 4 nitrogen and oxygen atoms in total. The average Bonchev–Trinajstić information content (AvgIpc) is 2.99. The molecule has 4 heteroatoms. The van der Waals surface area contributed by atoms with Crippen LogP contribution in [0.5, 0.6) is 0 Å². The Morgan fingerprint density at radius 1 is 1.35 bits per heavy atom. The van der Waals surface area contributed by atoms with Crippen molar-refractivity contribution < 1.29 is 4.52 Å². The smallest absolute Gasteiger partial charge is 0.233 e. The molecule has 3 unspecified atom stereocenters. The van der Waals surface area contributed by atoms with Crippen LogP contribution in [0.3, 0.4) is 0 Å².